The quantitative estimate of drug-likeness (QED) is 0.0340. The molecule has 0 radical (unpaired) electrons. The van der Waals surface area contributed by atoms with Gasteiger partial charge in [-0.2, -0.15) is 0 Å². The molecule has 586 valence electrons. The van der Waals surface area contributed by atoms with Gasteiger partial charge in [-0.1, -0.05) is 154 Å². The topological polar surface area (TPSA) is 220 Å². The normalized spacial score (nSPS) is 12.3. The first-order valence-electron chi connectivity index (χ1n) is 39.0. The molecule has 0 aliphatic carbocycles. The molecule has 0 saturated heterocycles. The van der Waals surface area contributed by atoms with Gasteiger partial charge in [0.1, 0.15) is 6.23 Å². The second kappa shape index (κ2) is 93.6. The van der Waals surface area contributed by atoms with Crippen molar-refractivity contribution < 1.29 is 99.5 Å². The summed E-state index contributed by atoms with van der Waals surface area (Å²) in [5.74, 6) is 0. The van der Waals surface area contributed by atoms with Gasteiger partial charge in [-0.05, 0) is 64.2 Å². The highest BCUT2D eigenvalue weighted by Gasteiger charge is 2.05. The summed E-state index contributed by atoms with van der Waals surface area (Å²) >= 11 is 0. The summed E-state index contributed by atoms with van der Waals surface area (Å²) < 4.78 is 117. The lowest BCUT2D eigenvalue weighted by Gasteiger charge is -2.14. The van der Waals surface area contributed by atoms with Crippen molar-refractivity contribution in [3.63, 3.8) is 0 Å². The van der Waals surface area contributed by atoms with E-state index in [-0.39, 0.29) is 6.61 Å². The van der Waals surface area contributed by atoms with Gasteiger partial charge in [-0.25, -0.2) is 0 Å². The molecular formula is C76H151NO21. The Hall–Kier alpha value is -1.40. The molecule has 22 heteroatoms. The van der Waals surface area contributed by atoms with E-state index in [1.54, 1.807) is 0 Å². The Bertz CT molecular complexity index is 1450. The monoisotopic (exact) mass is 1410 g/mol. The average molecular weight is 1420 g/mol. The zero-order valence-electron chi connectivity index (χ0n) is 62.8. The van der Waals surface area contributed by atoms with Crippen molar-refractivity contribution in [2.75, 3.05) is 271 Å². The van der Waals surface area contributed by atoms with E-state index in [2.05, 4.69) is 38.2 Å². The molecule has 0 aliphatic heterocycles. The van der Waals surface area contributed by atoms with Crippen molar-refractivity contribution in [1.82, 2.24) is 0 Å². The van der Waals surface area contributed by atoms with Gasteiger partial charge in [-0.15, -0.1) is 0 Å². The van der Waals surface area contributed by atoms with Crippen molar-refractivity contribution in [2.45, 2.75) is 200 Å². The summed E-state index contributed by atoms with van der Waals surface area (Å²) in [6.45, 7) is 25.5. The molecule has 0 heterocycles. The molecular weight excluding hydrogens is 1260 g/mol. The van der Waals surface area contributed by atoms with Crippen LogP contribution < -0.4 is 5.73 Å². The molecule has 22 nitrogen and oxygen atoms in total. The number of ether oxygens (including phenoxy) is 21. The van der Waals surface area contributed by atoms with Gasteiger partial charge >= 0.3 is 0 Å². The highest BCUT2D eigenvalue weighted by Crippen LogP contribution is 2.12. The maximum atomic E-state index is 5.97. The first-order chi connectivity index (χ1) is 48.8. The number of nitrogens with two attached hydrogens (primary N) is 1. The number of allylic oxidation sites excluding steroid dienone is 4. The molecule has 1 unspecified atom stereocenters. The SMILES string of the molecule is CCCCCCCC/C=C\CCCCCCCCOCCOCCOCCOCCOCCOCCOCCOCCOCCOCCOCCOCCOCCOCCOCCOCC(N)OCCOCCOCCOCCOCCCCCCCC/C=C\CCCCCCCC. The third kappa shape index (κ3) is 92.6. The van der Waals surface area contributed by atoms with Crippen LogP contribution in [0.2, 0.25) is 0 Å². The molecule has 1 atom stereocenters. The summed E-state index contributed by atoms with van der Waals surface area (Å²) in [7, 11) is 0. The van der Waals surface area contributed by atoms with Crippen LogP contribution in [0.15, 0.2) is 24.3 Å². The second-order valence-corrected chi connectivity index (χ2v) is 24.0. The van der Waals surface area contributed by atoms with Crippen LogP contribution in [0.25, 0.3) is 0 Å². The zero-order chi connectivity index (χ0) is 70.0. The summed E-state index contributed by atoms with van der Waals surface area (Å²) in [5, 5.41) is 0. The highest BCUT2D eigenvalue weighted by atomic mass is 16.6. The molecule has 2 N–H and O–H groups in total. The van der Waals surface area contributed by atoms with Crippen molar-refractivity contribution >= 4 is 0 Å². The Balaban J connectivity index is 3.14. The van der Waals surface area contributed by atoms with Crippen LogP contribution in [0.4, 0.5) is 0 Å². The Morgan fingerprint density at radius 1 is 0.173 bits per heavy atom. The Morgan fingerprint density at radius 2 is 0.327 bits per heavy atom. The zero-order valence-corrected chi connectivity index (χ0v) is 62.8. The Morgan fingerprint density at radius 3 is 0.531 bits per heavy atom. The van der Waals surface area contributed by atoms with Crippen LogP contribution in [0, 0.1) is 0 Å². The van der Waals surface area contributed by atoms with Crippen LogP contribution in [0.3, 0.4) is 0 Å². The van der Waals surface area contributed by atoms with Crippen molar-refractivity contribution in [3.05, 3.63) is 24.3 Å². The fourth-order valence-corrected chi connectivity index (χ4v) is 9.47. The molecule has 0 amide bonds. The van der Waals surface area contributed by atoms with E-state index < -0.39 is 6.23 Å². The second-order valence-electron chi connectivity index (χ2n) is 24.0. The van der Waals surface area contributed by atoms with Gasteiger partial charge in [-0.3, -0.25) is 0 Å². The molecule has 98 heavy (non-hydrogen) atoms. The maximum absolute atomic E-state index is 5.97. The lowest BCUT2D eigenvalue weighted by Crippen LogP contribution is -2.31. The molecule has 0 rings (SSSR count). The first kappa shape index (κ1) is 96.6. The van der Waals surface area contributed by atoms with E-state index >= 15 is 0 Å². The molecule has 0 aromatic carbocycles. The van der Waals surface area contributed by atoms with Crippen LogP contribution in [-0.2, 0) is 99.5 Å². The molecule has 0 fully saturated rings. The van der Waals surface area contributed by atoms with E-state index in [1.165, 1.54) is 167 Å². The van der Waals surface area contributed by atoms with Crippen LogP contribution in [0.1, 0.15) is 194 Å². The fourth-order valence-electron chi connectivity index (χ4n) is 9.47. The van der Waals surface area contributed by atoms with E-state index in [4.69, 9.17) is 105 Å². The lowest BCUT2D eigenvalue weighted by molar-refractivity contribution is -0.0542. The summed E-state index contributed by atoms with van der Waals surface area (Å²) in [6.07, 6.45) is 45.8. The minimum absolute atomic E-state index is 0.269. The van der Waals surface area contributed by atoms with Crippen LogP contribution >= 0.6 is 0 Å². The Labute approximate surface area is 597 Å². The van der Waals surface area contributed by atoms with Gasteiger partial charge in [0.05, 0.1) is 258 Å². The third-order valence-corrected chi connectivity index (χ3v) is 15.1. The van der Waals surface area contributed by atoms with E-state index in [1.807, 2.05) is 0 Å². The first-order valence-corrected chi connectivity index (χ1v) is 39.0. The molecule has 0 saturated carbocycles. The van der Waals surface area contributed by atoms with Crippen LogP contribution in [-0.4, -0.2) is 277 Å². The largest absolute Gasteiger partial charge is 0.379 e. The molecule has 0 bridgehead atoms. The van der Waals surface area contributed by atoms with Gasteiger partial charge in [0.2, 0.25) is 0 Å². The van der Waals surface area contributed by atoms with Gasteiger partial charge < -0.3 is 105 Å². The molecule has 0 aliphatic rings. The summed E-state index contributed by atoms with van der Waals surface area (Å²) in [4.78, 5) is 0. The minimum Gasteiger partial charge on any atom is -0.379 e. The smallest absolute Gasteiger partial charge is 0.129 e. The number of hydrogen-bond donors (Lipinski definition) is 1. The molecule has 0 aromatic rings. The van der Waals surface area contributed by atoms with Crippen molar-refractivity contribution in [1.29, 1.82) is 0 Å². The highest BCUT2D eigenvalue weighted by molar-refractivity contribution is 4.82. The van der Waals surface area contributed by atoms with E-state index in [0.29, 0.717) is 251 Å². The average Bonchev–Trinajstić information content (AvgIpc) is 3.72. The van der Waals surface area contributed by atoms with E-state index in [9.17, 15) is 0 Å². The Kier molecular flexibility index (Phi) is 92.3. The third-order valence-electron chi connectivity index (χ3n) is 15.1. The molecule has 0 spiro atoms. The summed E-state index contributed by atoms with van der Waals surface area (Å²) in [6, 6.07) is 0. The number of unbranched alkanes of at least 4 members (excludes halogenated alkanes) is 24. The number of rotatable bonds is 92. The predicted octanol–water partition coefficient (Wildman–Crippen LogP) is 12.7. The predicted molar refractivity (Wildman–Crippen MR) is 389 cm³/mol. The van der Waals surface area contributed by atoms with Gasteiger partial charge in [0, 0.05) is 13.2 Å². The summed E-state index contributed by atoms with van der Waals surface area (Å²) in [5.41, 5.74) is 5.97. The van der Waals surface area contributed by atoms with Gasteiger partial charge in [0.15, 0.2) is 0 Å². The number of hydrogen-bond acceptors (Lipinski definition) is 22. The standard InChI is InChI=1S/C76H151NO21/c1-3-5-7-9-11-13-15-17-19-21-23-25-27-29-31-33-35-78-37-39-80-41-43-82-45-46-83-47-48-84-49-50-85-51-52-86-53-54-87-55-56-88-57-58-89-59-60-90-61-62-91-63-64-92-65-66-93-67-68-95-71-72-97-75-76(77)98-74-73-96-70-69-94-44-42-81-40-38-79-36-34-32-30-28-26-24-22-20-18-16-14-12-10-8-6-4-2/h17-20,76H,3-16,21-75,77H2,1-2H3/b19-17-,20-18-. The fraction of sp³-hybridized carbons (Fsp3) is 0.947. The van der Waals surface area contributed by atoms with Crippen LogP contribution in [0.5, 0.6) is 0 Å². The lowest BCUT2D eigenvalue weighted by atomic mass is 10.1. The molecule has 0 aromatic heterocycles. The van der Waals surface area contributed by atoms with E-state index in [0.717, 1.165) is 26.1 Å². The van der Waals surface area contributed by atoms with Crippen molar-refractivity contribution in [2.24, 2.45) is 5.73 Å². The maximum Gasteiger partial charge on any atom is 0.129 e. The van der Waals surface area contributed by atoms with Gasteiger partial charge in [0.25, 0.3) is 0 Å². The van der Waals surface area contributed by atoms with Crippen molar-refractivity contribution in [3.8, 4) is 0 Å². The minimum atomic E-state index is -0.533.